The van der Waals surface area contributed by atoms with Crippen molar-refractivity contribution in [2.45, 2.75) is 45.6 Å². The van der Waals surface area contributed by atoms with E-state index in [4.69, 9.17) is 10.3 Å². The Labute approximate surface area is 121 Å². The fourth-order valence-electron chi connectivity index (χ4n) is 2.31. The van der Waals surface area contributed by atoms with Crippen LogP contribution < -0.4 is 5.73 Å². The third-order valence-corrected chi connectivity index (χ3v) is 3.41. The highest BCUT2D eigenvalue weighted by Crippen LogP contribution is 2.21. The van der Waals surface area contributed by atoms with Crippen LogP contribution in [0.25, 0.3) is 0 Å². The normalized spacial score (nSPS) is 21.2. The fourth-order valence-corrected chi connectivity index (χ4v) is 2.31. The molecule has 0 amide bonds. The van der Waals surface area contributed by atoms with Crippen molar-refractivity contribution in [3.05, 3.63) is 11.7 Å². The summed E-state index contributed by atoms with van der Waals surface area (Å²) in [7, 11) is 0. The summed E-state index contributed by atoms with van der Waals surface area (Å²) in [5.74, 6) is 2.12. The predicted molar refractivity (Wildman–Crippen MR) is 77.3 cm³/mol. The van der Waals surface area contributed by atoms with E-state index in [0.29, 0.717) is 11.8 Å². The Hall–Kier alpha value is -0.650. The third-order valence-electron chi connectivity index (χ3n) is 3.41. The molecule has 1 atom stereocenters. The summed E-state index contributed by atoms with van der Waals surface area (Å²) >= 11 is 0. The second kappa shape index (κ2) is 6.68. The van der Waals surface area contributed by atoms with Crippen molar-refractivity contribution in [2.24, 2.45) is 11.7 Å². The highest BCUT2D eigenvalue weighted by molar-refractivity contribution is 5.85. The van der Waals surface area contributed by atoms with Gasteiger partial charge in [0.1, 0.15) is 0 Å². The van der Waals surface area contributed by atoms with Crippen LogP contribution in [0.4, 0.5) is 0 Å². The van der Waals surface area contributed by atoms with Crippen molar-refractivity contribution in [1.29, 1.82) is 0 Å². The van der Waals surface area contributed by atoms with Crippen molar-refractivity contribution in [3.63, 3.8) is 0 Å². The molecular weight excluding hydrogens is 264 g/mol. The Morgan fingerprint density at radius 2 is 2.16 bits per heavy atom. The molecule has 2 heterocycles. The van der Waals surface area contributed by atoms with E-state index < -0.39 is 0 Å². The summed E-state index contributed by atoms with van der Waals surface area (Å²) < 4.78 is 5.31. The summed E-state index contributed by atoms with van der Waals surface area (Å²) in [6.07, 6.45) is 2.46. The summed E-state index contributed by atoms with van der Waals surface area (Å²) in [4.78, 5) is 6.85. The molecule has 0 saturated carbocycles. The van der Waals surface area contributed by atoms with Crippen LogP contribution in [0.1, 0.15) is 45.3 Å². The number of piperidine rings is 1. The Morgan fingerprint density at radius 3 is 2.74 bits per heavy atom. The molecule has 0 spiro atoms. The first kappa shape index (κ1) is 16.4. The first-order valence-corrected chi connectivity index (χ1v) is 6.74. The largest absolute Gasteiger partial charge is 0.339 e. The number of hydrogen-bond acceptors (Lipinski definition) is 5. The number of rotatable bonds is 3. The van der Waals surface area contributed by atoms with Gasteiger partial charge in [0.2, 0.25) is 5.89 Å². The van der Waals surface area contributed by atoms with E-state index in [-0.39, 0.29) is 17.8 Å². The predicted octanol–water partition coefficient (Wildman–Crippen LogP) is 1.96. The van der Waals surface area contributed by atoms with Gasteiger partial charge in [-0.3, -0.25) is 4.90 Å². The van der Waals surface area contributed by atoms with Crippen LogP contribution in [0.5, 0.6) is 0 Å². The minimum Gasteiger partial charge on any atom is -0.339 e. The molecule has 2 N–H and O–H groups in total. The topological polar surface area (TPSA) is 68.2 Å². The summed E-state index contributed by atoms with van der Waals surface area (Å²) in [5, 5.41) is 4.07. The molecule has 1 saturated heterocycles. The molecule has 0 aliphatic carbocycles. The molecule has 2 rings (SSSR count). The Balaban J connectivity index is 0.00000180. The lowest BCUT2D eigenvalue weighted by Gasteiger charge is -2.30. The standard InChI is InChI=1S/C13H24N4O.ClH/c1-13(2,3)12-15-11(16-18-12)9-17-6-4-5-10(7-14)8-17;/h10H,4-9,14H2,1-3H3;1H. The molecule has 0 radical (unpaired) electrons. The number of hydrogen-bond donors (Lipinski definition) is 1. The van der Waals surface area contributed by atoms with Gasteiger partial charge in [-0.1, -0.05) is 25.9 Å². The molecule has 5 nitrogen and oxygen atoms in total. The van der Waals surface area contributed by atoms with Crippen molar-refractivity contribution in [3.8, 4) is 0 Å². The number of likely N-dealkylation sites (tertiary alicyclic amines) is 1. The van der Waals surface area contributed by atoms with Crippen molar-refractivity contribution < 1.29 is 4.52 Å². The van der Waals surface area contributed by atoms with E-state index in [9.17, 15) is 0 Å². The molecule has 1 unspecified atom stereocenters. The molecule has 110 valence electrons. The Kier molecular flexibility index (Phi) is 5.77. The minimum atomic E-state index is -0.0764. The van der Waals surface area contributed by atoms with E-state index in [1.54, 1.807) is 0 Å². The average Bonchev–Trinajstić information content (AvgIpc) is 2.77. The smallest absolute Gasteiger partial charge is 0.232 e. The van der Waals surface area contributed by atoms with Crippen LogP contribution in [0.3, 0.4) is 0 Å². The molecule has 6 heteroatoms. The highest BCUT2D eigenvalue weighted by Gasteiger charge is 2.24. The van der Waals surface area contributed by atoms with Gasteiger partial charge >= 0.3 is 0 Å². The Morgan fingerprint density at radius 1 is 1.42 bits per heavy atom. The Bertz CT molecular complexity index is 388. The maximum atomic E-state index is 5.74. The van der Waals surface area contributed by atoms with Crippen LogP contribution in [-0.4, -0.2) is 34.7 Å². The second-order valence-electron chi connectivity index (χ2n) is 6.24. The molecule has 1 aliphatic rings. The van der Waals surface area contributed by atoms with Crippen LogP contribution in [0.2, 0.25) is 0 Å². The fraction of sp³-hybridized carbons (Fsp3) is 0.846. The lowest BCUT2D eigenvalue weighted by atomic mass is 9.97. The van der Waals surface area contributed by atoms with E-state index >= 15 is 0 Å². The zero-order valence-electron chi connectivity index (χ0n) is 12.1. The van der Waals surface area contributed by atoms with E-state index in [0.717, 1.165) is 32.0 Å². The number of halogens is 1. The van der Waals surface area contributed by atoms with Crippen molar-refractivity contribution in [1.82, 2.24) is 15.0 Å². The quantitative estimate of drug-likeness (QED) is 0.921. The van der Waals surface area contributed by atoms with E-state index in [1.807, 2.05) is 0 Å². The van der Waals surface area contributed by atoms with Crippen LogP contribution >= 0.6 is 12.4 Å². The van der Waals surface area contributed by atoms with Crippen molar-refractivity contribution >= 4 is 12.4 Å². The van der Waals surface area contributed by atoms with Crippen LogP contribution in [0.15, 0.2) is 4.52 Å². The first-order valence-electron chi connectivity index (χ1n) is 6.74. The molecule has 1 aromatic heterocycles. The second-order valence-corrected chi connectivity index (χ2v) is 6.24. The number of aromatic nitrogens is 2. The van der Waals surface area contributed by atoms with Gasteiger partial charge in [0, 0.05) is 12.0 Å². The maximum absolute atomic E-state index is 5.74. The van der Waals surface area contributed by atoms with Gasteiger partial charge in [0.25, 0.3) is 0 Å². The molecule has 1 aliphatic heterocycles. The van der Waals surface area contributed by atoms with Gasteiger partial charge in [0.05, 0.1) is 6.54 Å². The zero-order chi connectivity index (χ0) is 13.2. The van der Waals surface area contributed by atoms with E-state index in [2.05, 4.69) is 35.8 Å². The molecule has 1 aromatic rings. The van der Waals surface area contributed by atoms with Crippen LogP contribution in [-0.2, 0) is 12.0 Å². The summed E-state index contributed by atoms with van der Waals surface area (Å²) in [6.45, 7) is 9.94. The van der Waals surface area contributed by atoms with Crippen molar-refractivity contribution in [2.75, 3.05) is 19.6 Å². The average molecular weight is 289 g/mol. The molecular formula is C13H25ClN4O. The van der Waals surface area contributed by atoms with Gasteiger partial charge < -0.3 is 10.3 Å². The molecule has 0 aromatic carbocycles. The van der Waals surface area contributed by atoms with Gasteiger partial charge in [-0.2, -0.15) is 4.98 Å². The van der Waals surface area contributed by atoms with Gasteiger partial charge in [0.15, 0.2) is 5.82 Å². The monoisotopic (exact) mass is 288 g/mol. The maximum Gasteiger partial charge on any atom is 0.232 e. The van der Waals surface area contributed by atoms with Gasteiger partial charge in [-0.25, -0.2) is 0 Å². The van der Waals surface area contributed by atoms with E-state index in [1.165, 1.54) is 12.8 Å². The molecule has 1 fully saturated rings. The lowest BCUT2D eigenvalue weighted by Crippen LogP contribution is -2.38. The third kappa shape index (κ3) is 4.44. The SMILES string of the molecule is CC(C)(C)c1nc(CN2CCCC(CN)C2)no1.Cl. The highest BCUT2D eigenvalue weighted by atomic mass is 35.5. The summed E-state index contributed by atoms with van der Waals surface area (Å²) in [5.41, 5.74) is 5.67. The van der Waals surface area contributed by atoms with Gasteiger partial charge in [-0.05, 0) is 31.8 Å². The minimum absolute atomic E-state index is 0. The molecule has 19 heavy (non-hydrogen) atoms. The molecule has 0 bridgehead atoms. The summed E-state index contributed by atoms with van der Waals surface area (Å²) in [6, 6.07) is 0. The number of nitrogens with two attached hydrogens (primary N) is 1. The first-order chi connectivity index (χ1) is 8.49. The zero-order valence-corrected chi connectivity index (χ0v) is 12.9. The number of nitrogens with zero attached hydrogens (tertiary/aromatic N) is 3. The van der Waals surface area contributed by atoms with Crippen LogP contribution in [0, 0.1) is 5.92 Å². The lowest BCUT2D eigenvalue weighted by molar-refractivity contribution is 0.166. The van der Waals surface area contributed by atoms with Gasteiger partial charge in [-0.15, -0.1) is 12.4 Å².